The molecule has 0 aliphatic carbocycles. The van der Waals surface area contributed by atoms with Gasteiger partial charge < -0.3 is 5.32 Å². The Balaban J connectivity index is 2.79. The summed E-state index contributed by atoms with van der Waals surface area (Å²) in [5.74, 6) is -0.171. The minimum atomic E-state index is -0.171. The summed E-state index contributed by atoms with van der Waals surface area (Å²) in [6, 6.07) is 7.11. The number of nitrogens with one attached hydrogen (secondary N) is 1. The number of benzene rings is 1. The van der Waals surface area contributed by atoms with Crippen molar-refractivity contribution >= 4 is 0 Å². The summed E-state index contributed by atoms with van der Waals surface area (Å²) >= 11 is 0. The summed E-state index contributed by atoms with van der Waals surface area (Å²) in [4.78, 5) is 0. The first-order valence-electron chi connectivity index (χ1n) is 6.44. The number of hydrogen-bond donors (Lipinski definition) is 1. The van der Waals surface area contributed by atoms with Crippen molar-refractivity contribution in [1.29, 1.82) is 0 Å². The van der Waals surface area contributed by atoms with Gasteiger partial charge in [-0.2, -0.15) is 0 Å². The van der Waals surface area contributed by atoms with E-state index in [9.17, 15) is 4.39 Å². The number of rotatable bonds is 5. The molecule has 0 aliphatic heterocycles. The molecular formula is C15H24FN. The molecule has 0 radical (unpaired) electrons. The van der Waals surface area contributed by atoms with Crippen LogP contribution in [0.2, 0.25) is 0 Å². The zero-order chi connectivity index (χ0) is 12.9. The molecule has 0 fully saturated rings. The average molecular weight is 237 g/mol. The maximum absolute atomic E-state index is 12.9. The highest BCUT2D eigenvalue weighted by molar-refractivity contribution is 5.21. The third-order valence-corrected chi connectivity index (χ3v) is 2.95. The SMILES string of the molecule is CCCCNC(c1ccc(F)cc1)C(C)(C)C. The summed E-state index contributed by atoms with van der Waals surface area (Å²) < 4.78 is 12.9. The van der Waals surface area contributed by atoms with Gasteiger partial charge in [-0.15, -0.1) is 0 Å². The molecule has 1 unspecified atom stereocenters. The van der Waals surface area contributed by atoms with Crippen LogP contribution in [-0.2, 0) is 0 Å². The normalized spacial score (nSPS) is 13.7. The second kappa shape index (κ2) is 6.15. The van der Waals surface area contributed by atoms with Crippen molar-refractivity contribution in [2.45, 2.75) is 46.6 Å². The Bertz CT molecular complexity index is 324. The Kier molecular flexibility index (Phi) is 5.13. The molecule has 0 aliphatic rings. The number of hydrogen-bond acceptors (Lipinski definition) is 1. The first kappa shape index (κ1) is 14.2. The van der Waals surface area contributed by atoms with Crippen LogP contribution in [0.5, 0.6) is 0 Å². The maximum atomic E-state index is 12.9. The molecule has 0 saturated heterocycles. The van der Waals surface area contributed by atoms with E-state index in [4.69, 9.17) is 0 Å². The van der Waals surface area contributed by atoms with Crippen LogP contribution in [-0.4, -0.2) is 6.54 Å². The largest absolute Gasteiger partial charge is 0.309 e. The van der Waals surface area contributed by atoms with Gasteiger partial charge in [0.2, 0.25) is 0 Å². The van der Waals surface area contributed by atoms with E-state index in [0.717, 1.165) is 12.1 Å². The first-order chi connectivity index (χ1) is 7.95. The van der Waals surface area contributed by atoms with E-state index < -0.39 is 0 Å². The van der Waals surface area contributed by atoms with Crippen molar-refractivity contribution in [2.24, 2.45) is 5.41 Å². The second-order valence-electron chi connectivity index (χ2n) is 5.66. The lowest BCUT2D eigenvalue weighted by molar-refractivity contribution is 0.272. The molecule has 17 heavy (non-hydrogen) atoms. The Morgan fingerprint density at radius 3 is 2.24 bits per heavy atom. The summed E-state index contributed by atoms with van der Waals surface area (Å²) in [5.41, 5.74) is 1.29. The van der Waals surface area contributed by atoms with Gasteiger partial charge >= 0.3 is 0 Å². The van der Waals surface area contributed by atoms with Crippen LogP contribution in [0.4, 0.5) is 4.39 Å². The quantitative estimate of drug-likeness (QED) is 0.753. The molecular weight excluding hydrogens is 213 g/mol. The highest BCUT2D eigenvalue weighted by Crippen LogP contribution is 2.32. The summed E-state index contributed by atoms with van der Waals surface area (Å²) in [6.45, 7) is 9.82. The molecule has 1 aromatic carbocycles. The second-order valence-corrected chi connectivity index (χ2v) is 5.66. The number of halogens is 1. The maximum Gasteiger partial charge on any atom is 0.123 e. The Morgan fingerprint density at radius 1 is 1.18 bits per heavy atom. The molecule has 2 heteroatoms. The van der Waals surface area contributed by atoms with Crippen LogP contribution in [0.1, 0.15) is 52.1 Å². The fourth-order valence-corrected chi connectivity index (χ4v) is 2.00. The molecule has 0 saturated carbocycles. The molecule has 1 rings (SSSR count). The zero-order valence-electron chi connectivity index (χ0n) is 11.4. The fraction of sp³-hybridized carbons (Fsp3) is 0.600. The molecule has 0 spiro atoms. The monoisotopic (exact) mass is 237 g/mol. The summed E-state index contributed by atoms with van der Waals surface area (Å²) in [6.07, 6.45) is 2.36. The van der Waals surface area contributed by atoms with Crippen molar-refractivity contribution in [3.8, 4) is 0 Å². The smallest absolute Gasteiger partial charge is 0.123 e. The summed E-state index contributed by atoms with van der Waals surface area (Å²) in [7, 11) is 0. The van der Waals surface area contributed by atoms with E-state index >= 15 is 0 Å². The van der Waals surface area contributed by atoms with E-state index in [1.54, 1.807) is 0 Å². The molecule has 0 amide bonds. The van der Waals surface area contributed by atoms with E-state index in [-0.39, 0.29) is 17.3 Å². The predicted octanol–water partition coefficient (Wildman–Crippen LogP) is 4.30. The lowest BCUT2D eigenvalue weighted by Gasteiger charge is -2.32. The van der Waals surface area contributed by atoms with Gasteiger partial charge in [0.1, 0.15) is 5.82 Å². The highest BCUT2D eigenvalue weighted by Gasteiger charge is 2.25. The minimum Gasteiger partial charge on any atom is -0.309 e. The lowest BCUT2D eigenvalue weighted by Crippen LogP contribution is -2.33. The lowest BCUT2D eigenvalue weighted by atomic mass is 9.82. The van der Waals surface area contributed by atoms with Crippen molar-refractivity contribution in [3.05, 3.63) is 35.6 Å². The average Bonchev–Trinajstić information content (AvgIpc) is 2.25. The van der Waals surface area contributed by atoms with Crippen LogP contribution >= 0.6 is 0 Å². The van der Waals surface area contributed by atoms with Crippen LogP contribution in [0.3, 0.4) is 0 Å². The van der Waals surface area contributed by atoms with Crippen molar-refractivity contribution in [1.82, 2.24) is 5.32 Å². The molecule has 1 N–H and O–H groups in total. The molecule has 0 bridgehead atoms. The third kappa shape index (κ3) is 4.47. The first-order valence-corrected chi connectivity index (χ1v) is 6.44. The van der Waals surface area contributed by atoms with Gasteiger partial charge in [0.05, 0.1) is 0 Å². The van der Waals surface area contributed by atoms with Gasteiger partial charge in [-0.25, -0.2) is 4.39 Å². The van der Waals surface area contributed by atoms with Gasteiger partial charge in [0, 0.05) is 6.04 Å². The highest BCUT2D eigenvalue weighted by atomic mass is 19.1. The standard InChI is InChI=1S/C15H24FN/c1-5-6-11-17-14(15(2,3)4)12-7-9-13(16)10-8-12/h7-10,14,17H,5-6,11H2,1-4H3. The van der Waals surface area contributed by atoms with E-state index in [2.05, 4.69) is 33.0 Å². The van der Waals surface area contributed by atoms with Gasteiger partial charge in [-0.1, -0.05) is 46.2 Å². The van der Waals surface area contributed by atoms with Crippen molar-refractivity contribution < 1.29 is 4.39 Å². The predicted molar refractivity (Wildman–Crippen MR) is 71.5 cm³/mol. The van der Waals surface area contributed by atoms with E-state index in [0.29, 0.717) is 0 Å². The van der Waals surface area contributed by atoms with Crippen LogP contribution in [0.15, 0.2) is 24.3 Å². The van der Waals surface area contributed by atoms with Crippen molar-refractivity contribution in [2.75, 3.05) is 6.54 Å². The third-order valence-electron chi connectivity index (χ3n) is 2.95. The van der Waals surface area contributed by atoms with Gasteiger partial charge in [-0.3, -0.25) is 0 Å². The number of unbranched alkanes of at least 4 members (excludes halogenated alkanes) is 1. The molecule has 0 aromatic heterocycles. The van der Waals surface area contributed by atoms with Crippen molar-refractivity contribution in [3.63, 3.8) is 0 Å². The zero-order valence-corrected chi connectivity index (χ0v) is 11.4. The molecule has 1 aromatic rings. The summed E-state index contributed by atoms with van der Waals surface area (Å²) in [5, 5.41) is 3.57. The molecule has 1 atom stereocenters. The van der Waals surface area contributed by atoms with Crippen LogP contribution < -0.4 is 5.32 Å². The minimum absolute atomic E-state index is 0.131. The molecule has 1 nitrogen and oxygen atoms in total. The Labute approximate surface area is 104 Å². The van der Waals surface area contributed by atoms with Gasteiger partial charge in [0.25, 0.3) is 0 Å². The van der Waals surface area contributed by atoms with Gasteiger partial charge in [0.15, 0.2) is 0 Å². The topological polar surface area (TPSA) is 12.0 Å². The van der Waals surface area contributed by atoms with E-state index in [1.165, 1.54) is 25.0 Å². The molecule has 0 heterocycles. The Hall–Kier alpha value is -0.890. The van der Waals surface area contributed by atoms with Crippen LogP contribution in [0.25, 0.3) is 0 Å². The fourth-order valence-electron chi connectivity index (χ4n) is 2.00. The molecule has 96 valence electrons. The van der Waals surface area contributed by atoms with Crippen LogP contribution in [0, 0.1) is 11.2 Å². The van der Waals surface area contributed by atoms with E-state index in [1.807, 2.05) is 12.1 Å². The Morgan fingerprint density at radius 2 is 1.76 bits per heavy atom. The van der Waals surface area contributed by atoms with Gasteiger partial charge in [-0.05, 0) is 36.1 Å².